The lowest BCUT2D eigenvalue weighted by Crippen LogP contribution is -3.06. The normalized spacial score (nSPS) is 25.9. The summed E-state index contributed by atoms with van der Waals surface area (Å²) in [6, 6.07) is 1.85. The molecular weight excluding hydrogens is 594 g/mol. The van der Waals surface area contributed by atoms with E-state index in [1.54, 1.807) is 0 Å². The van der Waals surface area contributed by atoms with Crippen molar-refractivity contribution in [2.45, 2.75) is 155 Å². The van der Waals surface area contributed by atoms with Crippen molar-refractivity contribution in [2.24, 2.45) is 0 Å². The summed E-state index contributed by atoms with van der Waals surface area (Å²) in [5.41, 5.74) is 3.48. The van der Waals surface area contributed by atoms with E-state index < -0.39 is 5.66 Å². The Labute approximate surface area is 300 Å². The second-order valence-electron chi connectivity index (χ2n) is 15.2. The Morgan fingerprint density at radius 1 is 0.688 bits per heavy atom. The highest BCUT2D eigenvalue weighted by molar-refractivity contribution is 5.44. The van der Waals surface area contributed by atoms with E-state index in [-0.39, 0.29) is 11.3 Å². The second kappa shape index (κ2) is 21.9. The van der Waals surface area contributed by atoms with Crippen molar-refractivity contribution in [3.05, 3.63) is 6.04 Å². The maximum absolute atomic E-state index is 4.51. The minimum absolute atomic E-state index is 0.285. The molecule has 4 atom stereocenters. The minimum atomic E-state index is -0.481. The van der Waals surface area contributed by atoms with Gasteiger partial charge in [-0.25, -0.2) is 0 Å². The number of fused-ring (bicyclic) bond motifs is 1. The molecule has 9 nitrogen and oxygen atoms in total. The van der Waals surface area contributed by atoms with E-state index in [1.165, 1.54) is 83.1 Å². The Kier molecular flexibility index (Phi) is 20.0. The predicted octanol–water partition coefficient (Wildman–Crippen LogP) is 5.70. The van der Waals surface area contributed by atoms with Gasteiger partial charge < -0.3 is 4.90 Å². The van der Waals surface area contributed by atoms with Crippen molar-refractivity contribution in [1.82, 2.24) is 45.6 Å². The van der Waals surface area contributed by atoms with E-state index >= 15 is 0 Å². The van der Waals surface area contributed by atoms with Gasteiger partial charge in [0.05, 0.1) is 6.04 Å². The number of likely N-dealkylation sites (N-methyl/N-ethyl adjacent to an activating group) is 2. The first-order valence-corrected chi connectivity index (χ1v) is 20.6. The molecule has 0 amide bonds. The third-order valence-electron chi connectivity index (χ3n) is 11.3. The van der Waals surface area contributed by atoms with Crippen LogP contribution in [0.3, 0.4) is 0 Å². The van der Waals surface area contributed by atoms with Crippen LogP contribution in [0.1, 0.15) is 132 Å². The monoisotopic (exact) mass is 679 g/mol. The lowest BCUT2D eigenvalue weighted by molar-refractivity contribution is -0.255. The van der Waals surface area contributed by atoms with Crippen LogP contribution in [0.25, 0.3) is 0 Å². The molecule has 0 aliphatic carbocycles. The number of unbranched alkanes of at least 4 members (excludes halogenated alkanes) is 6. The molecule has 2 rings (SSSR count). The van der Waals surface area contributed by atoms with Gasteiger partial charge in [-0.3, -0.25) is 30.2 Å². The predicted molar refractivity (Wildman–Crippen MR) is 209 cm³/mol. The molecule has 0 bridgehead atoms. The highest BCUT2D eigenvalue weighted by Crippen LogP contribution is 2.57. The summed E-state index contributed by atoms with van der Waals surface area (Å²) in [6.07, 6.45) is 14.6. The van der Waals surface area contributed by atoms with Gasteiger partial charge in [0.15, 0.2) is 11.4 Å². The summed E-state index contributed by atoms with van der Waals surface area (Å²) in [4.78, 5) is 13.9. The standard InChI is InChI=1S/C39H84N9/c1-13-21-27-46(28-22-14-2)35-33-40-39(48(31-25-17-5)32-26-18-6)37(35,43(9)10)38(41-39,42-44(11)12)36(34-45(19-7)20-8)47(29-23-15-3)30-24-16-4/h35,40-42H,13-34H2,1-12H3/q+1. The van der Waals surface area contributed by atoms with Gasteiger partial charge in [0.25, 0.3) is 0 Å². The number of nitrogens with one attached hydrogen (secondary N) is 3. The minimum Gasteiger partial charge on any atom is -0.302 e. The average Bonchev–Trinajstić information content (AvgIpc) is 3.35. The van der Waals surface area contributed by atoms with Gasteiger partial charge in [-0.2, -0.15) is 0 Å². The first kappa shape index (κ1) is 43.8. The molecular formula is C39H84N9+. The Morgan fingerprint density at radius 3 is 1.56 bits per heavy atom. The molecule has 4 unspecified atom stereocenters. The van der Waals surface area contributed by atoms with Crippen molar-refractivity contribution in [3.8, 4) is 0 Å². The molecule has 3 N–H and O–H groups in total. The molecule has 0 saturated carbocycles. The van der Waals surface area contributed by atoms with Gasteiger partial charge in [-0.1, -0.05) is 104 Å². The third-order valence-corrected chi connectivity index (χ3v) is 11.3. The van der Waals surface area contributed by atoms with Crippen molar-refractivity contribution in [2.75, 3.05) is 93.6 Å². The van der Waals surface area contributed by atoms with Crippen molar-refractivity contribution in [3.63, 3.8) is 0 Å². The van der Waals surface area contributed by atoms with Gasteiger partial charge in [0.2, 0.25) is 0 Å². The zero-order valence-corrected chi connectivity index (χ0v) is 34.3. The highest BCUT2D eigenvalue weighted by Gasteiger charge is 2.86. The lowest BCUT2D eigenvalue weighted by Gasteiger charge is -2.75. The first-order valence-electron chi connectivity index (χ1n) is 20.6. The molecule has 2 aliphatic heterocycles. The lowest BCUT2D eigenvalue weighted by atomic mass is 9.60. The van der Waals surface area contributed by atoms with Gasteiger partial charge in [0.1, 0.15) is 19.6 Å². The summed E-state index contributed by atoms with van der Waals surface area (Å²) in [5.74, 6) is -0.360. The van der Waals surface area contributed by atoms with Crippen LogP contribution in [-0.4, -0.2) is 141 Å². The molecule has 48 heavy (non-hydrogen) atoms. The highest BCUT2D eigenvalue weighted by atomic mass is 15.7. The van der Waals surface area contributed by atoms with Crippen LogP contribution in [0.4, 0.5) is 0 Å². The number of hydrogen-bond acceptors (Lipinski definition) is 9. The number of rotatable bonds is 29. The summed E-state index contributed by atoms with van der Waals surface area (Å²) in [6.45, 7) is 29.5. The van der Waals surface area contributed by atoms with Gasteiger partial charge in [-0.15, -0.1) is 0 Å². The molecule has 284 valence electrons. The smallest absolute Gasteiger partial charge is 0.170 e. The van der Waals surface area contributed by atoms with Crippen LogP contribution in [-0.2, 0) is 0 Å². The van der Waals surface area contributed by atoms with Crippen molar-refractivity contribution >= 4 is 0 Å². The summed E-state index contributed by atoms with van der Waals surface area (Å²) < 4.78 is 0. The Morgan fingerprint density at radius 2 is 1.15 bits per heavy atom. The topological polar surface area (TPSA) is 58.2 Å². The van der Waals surface area contributed by atoms with E-state index in [0.29, 0.717) is 6.04 Å². The van der Waals surface area contributed by atoms with Crippen LogP contribution in [0.2, 0.25) is 0 Å². The van der Waals surface area contributed by atoms with Gasteiger partial charge in [0, 0.05) is 32.2 Å². The molecule has 2 fully saturated rings. The summed E-state index contributed by atoms with van der Waals surface area (Å²) in [7, 11) is 9.21. The maximum Gasteiger partial charge on any atom is 0.170 e. The third kappa shape index (κ3) is 9.35. The molecule has 2 heterocycles. The Hall–Kier alpha value is -0.360. The van der Waals surface area contributed by atoms with E-state index in [2.05, 4.69) is 129 Å². The molecule has 0 aromatic rings. The van der Waals surface area contributed by atoms with E-state index in [1.807, 2.05) is 0 Å². The van der Waals surface area contributed by atoms with Gasteiger partial charge >= 0.3 is 0 Å². The fraction of sp³-hybridized carbons (Fsp3) is 0.974. The molecule has 9 heteroatoms. The molecule has 2 radical (unpaired) electrons. The van der Waals surface area contributed by atoms with E-state index in [0.717, 1.165) is 65.4 Å². The Balaban J connectivity index is 3.03. The van der Waals surface area contributed by atoms with Crippen LogP contribution in [0.15, 0.2) is 0 Å². The zero-order valence-electron chi connectivity index (χ0n) is 34.3. The van der Waals surface area contributed by atoms with Crippen molar-refractivity contribution < 1.29 is 0 Å². The zero-order chi connectivity index (χ0) is 35.8. The second-order valence-corrected chi connectivity index (χ2v) is 15.2. The van der Waals surface area contributed by atoms with Crippen LogP contribution in [0, 0.1) is 6.04 Å². The fourth-order valence-corrected chi connectivity index (χ4v) is 8.81. The van der Waals surface area contributed by atoms with Gasteiger partial charge in [-0.05, 0) is 91.9 Å². The molecule has 0 aromatic carbocycles. The molecule has 2 saturated heterocycles. The van der Waals surface area contributed by atoms with Crippen LogP contribution < -0.4 is 21.1 Å². The molecule has 0 aromatic heterocycles. The number of nitrogens with zero attached hydrogens (tertiary/aromatic N) is 6. The molecule has 0 spiro atoms. The van der Waals surface area contributed by atoms with Crippen LogP contribution in [0.5, 0.6) is 0 Å². The largest absolute Gasteiger partial charge is 0.302 e. The fourth-order valence-electron chi connectivity index (χ4n) is 8.81. The average molecular weight is 679 g/mol. The van der Waals surface area contributed by atoms with E-state index in [9.17, 15) is 0 Å². The summed E-state index contributed by atoms with van der Waals surface area (Å²) in [5, 5.41) is 11.1. The van der Waals surface area contributed by atoms with Crippen LogP contribution >= 0.6 is 0 Å². The summed E-state index contributed by atoms with van der Waals surface area (Å²) >= 11 is 0. The quantitative estimate of drug-likeness (QED) is 0.0689. The van der Waals surface area contributed by atoms with E-state index in [4.69, 9.17) is 0 Å². The first-order chi connectivity index (χ1) is 23.1. The maximum atomic E-state index is 4.51. The number of hydrogen-bond donors (Lipinski definition) is 3. The van der Waals surface area contributed by atoms with Crippen molar-refractivity contribution in [1.29, 1.82) is 0 Å². The number of hydrazine groups is 1. The molecule has 2 aliphatic rings. The SMILES string of the molecule is CCCCN(CCCC)[C](CN(CC)CC)C1(N[N+](C)C)NC2(N(CCCC)CCCC)NCC(N(CCCC)CCCC)C12N(C)C. The Bertz CT molecular complexity index is 814.